The van der Waals surface area contributed by atoms with Crippen LogP contribution in [0.5, 0.6) is 0 Å². The van der Waals surface area contributed by atoms with Gasteiger partial charge in [-0.25, -0.2) is 0 Å². The van der Waals surface area contributed by atoms with Gasteiger partial charge >= 0.3 is 0 Å². The topological polar surface area (TPSA) is 75.3 Å². The minimum atomic E-state index is -0.437. The van der Waals surface area contributed by atoms with Gasteiger partial charge in [0.1, 0.15) is 5.78 Å². The lowest BCUT2D eigenvalue weighted by atomic mass is 10.2. The molecule has 2 N–H and O–H groups in total. The van der Waals surface area contributed by atoms with Crippen molar-refractivity contribution in [1.29, 1.82) is 0 Å². The van der Waals surface area contributed by atoms with Crippen molar-refractivity contribution < 1.29 is 14.4 Å². The predicted molar refractivity (Wildman–Crippen MR) is 74.3 cm³/mol. The summed E-state index contributed by atoms with van der Waals surface area (Å²) in [6.07, 6.45) is 0.149. The van der Waals surface area contributed by atoms with Crippen LogP contribution in [0.25, 0.3) is 0 Å². The minimum absolute atomic E-state index is 0.136. The molecule has 0 aliphatic carbocycles. The second-order valence-corrected chi connectivity index (χ2v) is 4.43. The Bertz CT molecular complexity index is 515. The lowest BCUT2D eigenvalue weighted by molar-refractivity contribution is -0.124. The van der Waals surface area contributed by atoms with Gasteiger partial charge in [-0.15, -0.1) is 0 Å². The molecule has 0 heterocycles. The Balaban J connectivity index is 2.82. The van der Waals surface area contributed by atoms with Gasteiger partial charge in [-0.3, -0.25) is 14.4 Å². The summed E-state index contributed by atoms with van der Waals surface area (Å²) >= 11 is 5.93. The zero-order valence-corrected chi connectivity index (χ0v) is 11.5. The van der Waals surface area contributed by atoms with Gasteiger partial charge in [-0.05, 0) is 25.1 Å². The van der Waals surface area contributed by atoms with E-state index in [1.165, 1.54) is 6.92 Å². The van der Waals surface area contributed by atoms with Crippen molar-refractivity contribution >= 4 is 40.6 Å². The number of hydrogen-bond donors (Lipinski definition) is 2. The largest absolute Gasteiger partial charge is 0.326 e. The Kier molecular flexibility index (Phi) is 5.51. The first-order valence-corrected chi connectivity index (χ1v) is 6.19. The van der Waals surface area contributed by atoms with Gasteiger partial charge in [-0.1, -0.05) is 18.5 Å². The third-order valence-corrected chi connectivity index (χ3v) is 2.58. The molecule has 1 rings (SSSR count). The summed E-state index contributed by atoms with van der Waals surface area (Å²) in [6, 6.07) is 4.75. The normalized spacial score (nSPS) is 9.84. The van der Waals surface area contributed by atoms with Gasteiger partial charge in [0.05, 0.1) is 17.1 Å². The molecule has 1 aromatic carbocycles. The van der Waals surface area contributed by atoms with E-state index < -0.39 is 5.91 Å². The molecule has 0 spiro atoms. The van der Waals surface area contributed by atoms with Gasteiger partial charge in [0, 0.05) is 12.1 Å². The van der Waals surface area contributed by atoms with Crippen LogP contribution in [0.3, 0.4) is 0 Å². The number of hydrogen-bond acceptors (Lipinski definition) is 3. The number of amides is 2. The summed E-state index contributed by atoms with van der Waals surface area (Å²) in [4.78, 5) is 33.6. The van der Waals surface area contributed by atoms with Crippen molar-refractivity contribution in [3.63, 3.8) is 0 Å². The van der Waals surface area contributed by atoms with Crippen molar-refractivity contribution in [3.8, 4) is 0 Å². The molecule has 5 nitrogen and oxygen atoms in total. The van der Waals surface area contributed by atoms with Crippen LogP contribution >= 0.6 is 11.6 Å². The monoisotopic (exact) mass is 282 g/mol. The maximum Gasteiger partial charge on any atom is 0.231 e. The lowest BCUT2D eigenvalue weighted by Crippen LogP contribution is -2.15. The SMILES string of the molecule is CCC(=O)Nc1ccc(Cl)c(NC(=O)CC(C)=O)c1. The number of halogens is 1. The van der Waals surface area contributed by atoms with E-state index in [1.807, 2.05) is 0 Å². The molecule has 0 aliphatic heterocycles. The summed E-state index contributed by atoms with van der Waals surface area (Å²) in [5.74, 6) is -0.805. The van der Waals surface area contributed by atoms with Crippen molar-refractivity contribution in [3.05, 3.63) is 23.2 Å². The van der Waals surface area contributed by atoms with Crippen LogP contribution in [0, 0.1) is 0 Å². The number of ketones is 1. The van der Waals surface area contributed by atoms with E-state index in [0.29, 0.717) is 22.8 Å². The molecule has 0 bridgehead atoms. The smallest absolute Gasteiger partial charge is 0.231 e. The highest BCUT2D eigenvalue weighted by Crippen LogP contribution is 2.25. The molecule has 6 heteroatoms. The van der Waals surface area contributed by atoms with Crippen LogP contribution in [0.4, 0.5) is 11.4 Å². The number of benzene rings is 1. The lowest BCUT2D eigenvalue weighted by Gasteiger charge is -2.09. The van der Waals surface area contributed by atoms with Crippen LogP contribution in [-0.4, -0.2) is 17.6 Å². The molecule has 102 valence electrons. The fourth-order valence-electron chi connectivity index (χ4n) is 1.37. The number of Topliss-reactive ketones (excluding diaryl/α,β-unsaturated/α-hetero) is 1. The Hall–Kier alpha value is -1.88. The molecule has 0 saturated carbocycles. The number of carbonyl (C=O) groups excluding carboxylic acids is 3. The molecule has 0 radical (unpaired) electrons. The van der Waals surface area contributed by atoms with Crippen LogP contribution in [-0.2, 0) is 14.4 Å². The Morgan fingerprint density at radius 1 is 1.16 bits per heavy atom. The highest BCUT2D eigenvalue weighted by atomic mass is 35.5. The fraction of sp³-hybridized carbons (Fsp3) is 0.308. The maximum atomic E-state index is 11.5. The van der Waals surface area contributed by atoms with Crippen LogP contribution < -0.4 is 10.6 Å². The van der Waals surface area contributed by atoms with Crippen LogP contribution in [0.1, 0.15) is 26.7 Å². The average Bonchev–Trinajstić information content (AvgIpc) is 2.32. The fourth-order valence-corrected chi connectivity index (χ4v) is 1.53. The molecule has 0 unspecified atom stereocenters. The highest BCUT2D eigenvalue weighted by Gasteiger charge is 2.09. The predicted octanol–water partition coefficient (Wildman–Crippen LogP) is 2.61. The summed E-state index contributed by atoms with van der Waals surface area (Å²) in [5, 5.41) is 5.53. The second kappa shape index (κ2) is 6.89. The molecular weight excluding hydrogens is 268 g/mol. The molecule has 0 aliphatic rings. The summed E-state index contributed by atoms with van der Waals surface area (Å²) in [6.45, 7) is 3.07. The molecule has 1 aromatic rings. The first-order chi connectivity index (χ1) is 8.92. The molecular formula is C13H15ClN2O3. The Labute approximate surface area is 116 Å². The summed E-state index contributed by atoms with van der Waals surface area (Å²) in [5.41, 5.74) is 0.899. The van der Waals surface area contributed by atoms with E-state index in [0.717, 1.165) is 0 Å². The summed E-state index contributed by atoms with van der Waals surface area (Å²) < 4.78 is 0. The van der Waals surface area contributed by atoms with Crippen LogP contribution in [0.2, 0.25) is 5.02 Å². The molecule has 19 heavy (non-hydrogen) atoms. The van der Waals surface area contributed by atoms with Crippen molar-refractivity contribution in [1.82, 2.24) is 0 Å². The number of nitrogens with one attached hydrogen (secondary N) is 2. The zero-order chi connectivity index (χ0) is 14.4. The minimum Gasteiger partial charge on any atom is -0.326 e. The van der Waals surface area contributed by atoms with E-state index >= 15 is 0 Å². The standard InChI is InChI=1S/C13H15ClN2O3/c1-3-12(18)15-9-4-5-10(14)11(7-9)16-13(19)6-8(2)17/h4-5,7H,3,6H2,1-2H3,(H,15,18)(H,16,19). The first kappa shape index (κ1) is 15.2. The van der Waals surface area contributed by atoms with Crippen LogP contribution in [0.15, 0.2) is 18.2 Å². The number of rotatable bonds is 5. The van der Waals surface area contributed by atoms with Gasteiger partial charge in [-0.2, -0.15) is 0 Å². The van der Waals surface area contributed by atoms with E-state index in [2.05, 4.69) is 10.6 Å². The summed E-state index contributed by atoms with van der Waals surface area (Å²) in [7, 11) is 0. The maximum absolute atomic E-state index is 11.5. The molecule has 2 amide bonds. The second-order valence-electron chi connectivity index (χ2n) is 4.02. The quantitative estimate of drug-likeness (QED) is 0.815. The third-order valence-electron chi connectivity index (χ3n) is 2.25. The van der Waals surface area contributed by atoms with Crippen molar-refractivity contribution in [2.24, 2.45) is 0 Å². The van der Waals surface area contributed by atoms with Crippen molar-refractivity contribution in [2.75, 3.05) is 10.6 Å². The highest BCUT2D eigenvalue weighted by molar-refractivity contribution is 6.34. The molecule has 0 fully saturated rings. The third kappa shape index (κ3) is 5.09. The van der Waals surface area contributed by atoms with Crippen molar-refractivity contribution in [2.45, 2.75) is 26.7 Å². The van der Waals surface area contributed by atoms with E-state index in [1.54, 1.807) is 25.1 Å². The Morgan fingerprint density at radius 3 is 2.42 bits per heavy atom. The molecule has 0 atom stereocenters. The number of anilines is 2. The van der Waals surface area contributed by atoms with Gasteiger partial charge < -0.3 is 10.6 Å². The average molecular weight is 283 g/mol. The zero-order valence-electron chi connectivity index (χ0n) is 10.7. The van der Waals surface area contributed by atoms with E-state index in [-0.39, 0.29) is 18.1 Å². The Morgan fingerprint density at radius 2 is 1.84 bits per heavy atom. The van der Waals surface area contributed by atoms with Gasteiger partial charge in [0.2, 0.25) is 11.8 Å². The van der Waals surface area contributed by atoms with Gasteiger partial charge in [0.15, 0.2) is 0 Å². The first-order valence-electron chi connectivity index (χ1n) is 5.81. The van der Waals surface area contributed by atoms with E-state index in [4.69, 9.17) is 11.6 Å². The molecule has 0 aromatic heterocycles. The van der Waals surface area contributed by atoms with E-state index in [9.17, 15) is 14.4 Å². The number of carbonyl (C=O) groups is 3. The van der Waals surface area contributed by atoms with Gasteiger partial charge in [0.25, 0.3) is 0 Å². The molecule has 0 saturated heterocycles.